The predicted molar refractivity (Wildman–Crippen MR) is 370 cm³/mol. The minimum Gasteiger partial charge on any atom is -0.466 e. The van der Waals surface area contributed by atoms with Gasteiger partial charge in [0.25, 0.3) is 0 Å². The Bertz CT molecular complexity index is 1320. The van der Waals surface area contributed by atoms with Crippen LogP contribution in [0.2, 0.25) is 0 Å². The van der Waals surface area contributed by atoms with Crippen LogP contribution in [0, 0.1) is 0 Å². The summed E-state index contributed by atoms with van der Waals surface area (Å²) in [7, 11) is 0. The second-order valence-electron chi connectivity index (χ2n) is 26.7. The summed E-state index contributed by atoms with van der Waals surface area (Å²) < 4.78 is 5.52. The highest BCUT2D eigenvalue weighted by Crippen LogP contribution is 2.20. The van der Waals surface area contributed by atoms with E-state index < -0.39 is 12.1 Å². The molecule has 0 saturated carbocycles. The molecule has 0 aromatic carbocycles. The number of amides is 1. The Balaban J connectivity index is 3.33. The molecule has 0 aliphatic carbocycles. The maximum absolute atomic E-state index is 12.5. The number of unbranched alkanes of at least 4 members (excludes halogenated alkanes) is 58. The summed E-state index contributed by atoms with van der Waals surface area (Å²) in [5.74, 6) is -0.00633. The highest BCUT2D eigenvalue weighted by atomic mass is 16.5. The zero-order valence-electron chi connectivity index (χ0n) is 57.2. The molecule has 2 unspecified atom stereocenters. The molecule has 0 bridgehead atoms. The summed E-state index contributed by atoms with van der Waals surface area (Å²) >= 11 is 0. The first-order valence-electron chi connectivity index (χ1n) is 38.6. The molecule has 3 N–H and O–H groups in total. The van der Waals surface area contributed by atoms with E-state index in [1.165, 1.54) is 360 Å². The topological polar surface area (TPSA) is 95.9 Å². The number of aliphatic hydroxyl groups excluding tert-OH is 2. The number of carbonyl (C=O) groups is 2. The molecule has 498 valence electrons. The van der Waals surface area contributed by atoms with Crippen LogP contribution in [-0.2, 0) is 14.3 Å². The van der Waals surface area contributed by atoms with Crippen molar-refractivity contribution in [2.45, 2.75) is 450 Å². The van der Waals surface area contributed by atoms with Crippen molar-refractivity contribution in [3.63, 3.8) is 0 Å². The Kier molecular flexibility index (Phi) is 72.3. The first kappa shape index (κ1) is 82.3. The average Bonchev–Trinajstić information content (AvgIpc) is 3.51. The minimum atomic E-state index is -0.661. The van der Waals surface area contributed by atoms with Crippen molar-refractivity contribution >= 4 is 11.9 Å². The van der Waals surface area contributed by atoms with Crippen molar-refractivity contribution in [1.82, 2.24) is 5.32 Å². The molecule has 6 nitrogen and oxygen atoms in total. The SMILES string of the molecule is CCCCCCCCCCCCCCCCCCCCC(=O)OCCCCCCCCCCCCCCC/C=C\C/C=C\CCCCCCCCCCCCCCCCCCCC(=O)NC(CO)C(O)CCCCCCCCCCCCCC. The van der Waals surface area contributed by atoms with Crippen LogP contribution in [0.3, 0.4) is 0 Å². The Labute approximate surface area is 526 Å². The van der Waals surface area contributed by atoms with Gasteiger partial charge in [0.05, 0.1) is 25.4 Å². The molecular weight excluding hydrogens is 1030 g/mol. The lowest BCUT2D eigenvalue weighted by Gasteiger charge is -2.22. The second-order valence-corrected chi connectivity index (χ2v) is 26.7. The van der Waals surface area contributed by atoms with Crippen LogP contribution < -0.4 is 5.32 Å². The number of carbonyl (C=O) groups excluding carboxylic acids is 2. The van der Waals surface area contributed by atoms with E-state index in [9.17, 15) is 19.8 Å². The van der Waals surface area contributed by atoms with Crippen molar-refractivity contribution in [2.24, 2.45) is 0 Å². The van der Waals surface area contributed by atoms with Crippen LogP contribution in [0.15, 0.2) is 24.3 Å². The Morgan fingerprint density at radius 1 is 0.333 bits per heavy atom. The number of rotatable bonds is 73. The summed E-state index contributed by atoms with van der Waals surface area (Å²) in [6.45, 7) is 4.99. The van der Waals surface area contributed by atoms with Gasteiger partial charge >= 0.3 is 5.97 Å². The van der Waals surface area contributed by atoms with Gasteiger partial charge in [0.15, 0.2) is 0 Å². The molecule has 0 aromatic rings. The molecule has 84 heavy (non-hydrogen) atoms. The summed E-state index contributed by atoms with van der Waals surface area (Å²) in [5, 5.41) is 23.3. The molecule has 0 rings (SSSR count). The maximum atomic E-state index is 12.5. The van der Waals surface area contributed by atoms with Crippen LogP contribution in [-0.4, -0.2) is 47.4 Å². The minimum absolute atomic E-state index is 0.0240. The molecule has 0 aliphatic heterocycles. The second kappa shape index (κ2) is 73.8. The monoisotopic (exact) mass is 1180 g/mol. The van der Waals surface area contributed by atoms with Crippen molar-refractivity contribution in [3.8, 4) is 0 Å². The van der Waals surface area contributed by atoms with Gasteiger partial charge in [-0.3, -0.25) is 9.59 Å². The quantitative estimate of drug-likeness (QED) is 0.0320. The molecule has 1 amide bonds. The summed E-state index contributed by atoms with van der Waals surface area (Å²) in [4.78, 5) is 24.6. The fraction of sp³-hybridized carbons (Fsp3) is 0.923. The van der Waals surface area contributed by atoms with Gasteiger partial charge in [-0.1, -0.05) is 391 Å². The van der Waals surface area contributed by atoms with Gasteiger partial charge in [-0.15, -0.1) is 0 Å². The average molecular weight is 1180 g/mol. The number of hydrogen-bond acceptors (Lipinski definition) is 5. The summed E-state index contributed by atoms with van der Waals surface area (Å²) in [6, 6.07) is -0.538. The predicted octanol–water partition coefficient (Wildman–Crippen LogP) is 25.3. The van der Waals surface area contributed by atoms with Gasteiger partial charge in [-0.25, -0.2) is 0 Å². The van der Waals surface area contributed by atoms with Gasteiger partial charge in [-0.2, -0.15) is 0 Å². The van der Waals surface area contributed by atoms with E-state index in [0.717, 1.165) is 44.9 Å². The molecule has 6 heteroatoms. The number of aliphatic hydroxyl groups is 2. The molecular formula is C78H151NO5. The molecule has 0 aliphatic rings. The fourth-order valence-electron chi connectivity index (χ4n) is 12.4. The van der Waals surface area contributed by atoms with E-state index in [2.05, 4.69) is 43.5 Å². The third kappa shape index (κ3) is 69.4. The lowest BCUT2D eigenvalue weighted by molar-refractivity contribution is -0.143. The number of ether oxygens (including phenoxy) is 1. The van der Waals surface area contributed by atoms with Gasteiger partial charge < -0.3 is 20.3 Å². The highest BCUT2D eigenvalue weighted by Gasteiger charge is 2.20. The van der Waals surface area contributed by atoms with Crippen LogP contribution >= 0.6 is 0 Å². The van der Waals surface area contributed by atoms with Crippen LogP contribution in [0.25, 0.3) is 0 Å². The van der Waals surface area contributed by atoms with Crippen molar-refractivity contribution in [3.05, 3.63) is 24.3 Å². The maximum Gasteiger partial charge on any atom is 0.305 e. The molecule has 0 radical (unpaired) electrons. The highest BCUT2D eigenvalue weighted by molar-refractivity contribution is 5.76. The van der Waals surface area contributed by atoms with Gasteiger partial charge in [0.1, 0.15) is 0 Å². The standard InChI is InChI=1S/C78H151NO5/c1-3-5-7-9-11-13-15-17-18-19-42-45-48-52-56-60-64-68-72-78(83)84-73-69-65-61-57-53-49-46-43-40-38-36-34-32-30-28-26-24-22-20-21-23-25-27-29-31-33-35-37-39-41-44-47-51-55-59-63-67-71-77(82)79-75(74-80)76(81)70-66-62-58-54-50-16-14-12-10-8-6-4-2/h20,22,26,28,75-76,80-81H,3-19,21,23-25,27,29-74H2,1-2H3,(H,79,82)/b22-20-,28-26-. The van der Waals surface area contributed by atoms with E-state index in [1.807, 2.05) is 0 Å². The molecule has 0 heterocycles. The third-order valence-electron chi connectivity index (χ3n) is 18.3. The third-order valence-corrected chi connectivity index (χ3v) is 18.3. The van der Waals surface area contributed by atoms with Crippen LogP contribution in [0.1, 0.15) is 438 Å². The van der Waals surface area contributed by atoms with Crippen LogP contribution in [0.4, 0.5) is 0 Å². The zero-order chi connectivity index (χ0) is 60.6. The van der Waals surface area contributed by atoms with E-state index in [0.29, 0.717) is 25.9 Å². The van der Waals surface area contributed by atoms with Gasteiger partial charge in [0, 0.05) is 12.8 Å². The van der Waals surface area contributed by atoms with E-state index in [-0.39, 0.29) is 18.5 Å². The Morgan fingerprint density at radius 3 is 0.905 bits per heavy atom. The first-order chi connectivity index (χ1) is 41.5. The zero-order valence-corrected chi connectivity index (χ0v) is 57.2. The van der Waals surface area contributed by atoms with E-state index in [4.69, 9.17) is 4.74 Å². The summed E-state index contributed by atoms with van der Waals surface area (Å²) in [6.07, 6.45) is 94.2. The Hall–Kier alpha value is -1.66. The van der Waals surface area contributed by atoms with Crippen molar-refractivity contribution in [1.29, 1.82) is 0 Å². The first-order valence-corrected chi connectivity index (χ1v) is 38.6. The van der Waals surface area contributed by atoms with E-state index in [1.54, 1.807) is 0 Å². The fourth-order valence-corrected chi connectivity index (χ4v) is 12.4. The molecule has 0 saturated heterocycles. The molecule has 2 atom stereocenters. The van der Waals surface area contributed by atoms with Crippen LogP contribution in [0.5, 0.6) is 0 Å². The lowest BCUT2D eigenvalue weighted by atomic mass is 10.0. The largest absolute Gasteiger partial charge is 0.466 e. The molecule has 0 spiro atoms. The normalized spacial score (nSPS) is 12.6. The number of esters is 1. The molecule has 0 fully saturated rings. The van der Waals surface area contributed by atoms with Gasteiger partial charge in [0.2, 0.25) is 5.91 Å². The Morgan fingerprint density at radius 2 is 0.595 bits per heavy atom. The summed E-state index contributed by atoms with van der Waals surface area (Å²) in [5.41, 5.74) is 0. The number of nitrogens with one attached hydrogen (secondary N) is 1. The van der Waals surface area contributed by atoms with Crippen molar-refractivity contribution < 1.29 is 24.5 Å². The van der Waals surface area contributed by atoms with Gasteiger partial charge in [-0.05, 0) is 57.8 Å². The smallest absolute Gasteiger partial charge is 0.305 e. The van der Waals surface area contributed by atoms with Crippen molar-refractivity contribution in [2.75, 3.05) is 13.2 Å². The molecule has 0 aromatic heterocycles. The number of hydrogen-bond donors (Lipinski definition) is 3. The number of allylic oxidation sites excluding steroid dienone is 4. The van der Waals surface area contributed by atoms with E-state index >= 15 is 0 Å². The lowest BCUT2D eigenvalue weighted by Crippen LogP contribution is -2.45.